The Morgan fingerprint density at radius 3 is 1.89 bits per heavy atom. The fraction of sp³-hybridized carbons (Fsp3) is 0.412. The van der Waals surface area contributed by atoms with Crippen molar-refractivity contribution < 1.29 is 35.7 Å². The number of alkyl halides is 6. The molecule has 1 aromatic heterocycles. The van der Waals surface area contributed by atoms with Crippen LogP contribution < -0.4 is 0 Å². The molecule has 148 valence electrons. The van der Waals surface area contributed by atoms with Gasteiger partial charge in [-0.2, -0.15) is 26.3 Å². The van der Waals surface area contributed by atoms with E-state index in [0.29, 0.717) is 29.2 Å². The first kappa shape index (κ1) is 20.8. The number of hydrogen-bond acceptors (Lipinski definition) is 3. The molecular formula is C17H16F6N2O2. The number of hydrogen-bond donors (Lipinski definition) is 0. The summed E-state index contributed by atoms with van der Waals surface area (Å²) in [5, 5.41) is 3.72. The molecule has 4 nitrogen and oxygen atoms in total. The van der Waals surface area contributed by atoms with Crippen molar-refractivity contribution in [3.8, 4) is 0 Å². The van der Waals surface area contributed by atoms with Crippen LogP contribution in [0.2, 0.25) is 0 Å². The largest absolute Gasteiger partial charge is 0.416 e. The minimum Gasteiger partial charge on any atom is -0.361 e. The van der Waals surface area contributed by atoms with Gasteiger partial charge in [0.25, 0.3) is 0 Å². The van der Waals surface area contributed by atoms with E-state index in [1.165, 1.54) is 6.92 Å². The fourth-order valence-corrected chi connectivity index (χ4v) is 2.53. The molecule has 10 heteroatoms. The highest BCUT2D eigenvalue weighted by atomic mass is 19.4. The van der Waals surface area contributed by atoms with Gasteiger partial charge in [-0.25, -0.2) is 0 Å². The molecule has 1 heterocycles. The lowest BCUT2D eigenvalue weighted by Crippen LogP contribution is -2.28. The Labute approximate surface area is 150 Å². The summed E-state index contributed by atoms with van der Waals surface area (Å²) in [7, 11) is 0. The van der Waals surface area contributed by atoms with Gasteiger partial charge in [-0.05, 0) is 37.6 Å². The quantitative estimate of drug-likeness (QED) is 0.695. The molecule has 1 aromatic carbocycles. The lowest BCUT2D eigenvalue weighted by atomic mass is 10.0. The molecule has 0 saturated heterocycles. The van der Waals surface area contributed by atoms with Gasteiger partial charge in [0.05, 0.1) is 23.4 Å². The van der Waals surface area contributed by atoms with Crippen molar-refractivity contribution in [2.24, 2.45) is 0 Å². The number of benzene rings is 1. The van der Waals surface area contributed by atoms with E-state index in [0.717, 1.165) is 4.90 Å². The van der Waals surface area contributed by atoms with Crippen molar-refractivity contribution in [1.82, 2.24) is 10.1 Å². The predicted molar refractivity (Wildman–Crippen MR) is 82.4 cm³/mol. The minimum absolute atomic E-state index is 0.0475. The summed E-state index contributed by atoms with van der Waals surface area (Å²) in [6.45, 7) is 3.92. The number of amides is 1. The van der Waals surface area contributed by atoms with Gasteiger partial charge < -0.3 is 9.42 Å². The zero-order valence-corrected chi connectivity index (χ0v) is 14.6. The Morgan fingerprint density at radius 2 is 1.52 bits per heavy atom. The monoisotopic (exact) mass is 394 g/mol. The van der Waals surface area contributed by atoms with Crippen LogP contribution in [-0.4, -0.2) is 16.0 Å². The van der Waals surface area contributed by atoms with Crippen molar-refractivity contribution in [3.63, 3.8) is 0 Å². The van der Waals surface area contributed by atoms with Crippen LogP contribution in [0.25, 0.3) is 0 Å². The lowest BCUT2D eigenvalue weighted by molar-refractivity contribution is -0.143. The van der Waals surface area contributed by atoms with Crippen LogP contribution in [0.1, 0.15) is 40.6 Å². The summed E-state index contributed by atoms with van der Waals surface area (Å²) in [4.78, 5) is 13.0. The normalized spacial score (nSPS) is 12.3. The zero-order valence-electron chi connectivity index (χ0n) is 14.6. The number of aryl methyl sites for hydroxylation is 2. The molecule has 0 aliphatic carbocycles. The first-order chi connectivity index (χ1) is 12.3. The Kier molecular flexibility index (Phi) is 5.58. The molecule has 0 fully saturated rings. The molecular weight excluding hydrogens is 378 g/mol. The molecule has 0 aliphatic rings. The molecule has 1 amide bonds. The van der Waals surface area contributed by atoms with Gasteiger partial charge in [-0.15, -0.1) is 0 Å². The van der Waals surface area contributed by atoms with E-state index in [1.54, 1.807) is 13.8 Å². The van der Waals surface area contributed by atoms with Gasteiger partial charge in [-0.3, -0.25) is 4.79 Å². The second kappa shape index (κ2) is 7.24. The van der Waals surface area contributed by atoms with Crippen LogP contribution in [0.3, 0.4) is 0 Å². The van der Waals surface area contributed by atoms with E-state index < -0.39 is 35.9 Å². The van der Waals surface area contributed by atoms with Gasteiger partial charge in [0.1, 0.15) is 5.76 Å². The molecule has 27 heavy (non-hydrogen) atoms. The predicted octanol–water partition coefficient (Wildman–Crippen LogP) is 4.88. The molecule has 0 atom stereocenters. The summed E-state index contributed by atoms with van der Waals surface area (Å²) in [6.07, 6.45) is -9.89. The Bertz CT molecular complexity index is 787. The van der Waals surface area contributed by atoms with E-state index in [4.69, 9.17) is 4.52 Å². The Balaban J connectivity index is 2.41. The van der Waals surface area contributed by atoms with Crippen molar-refractivity contribution in [3.05, 3.63) is 51.9 Å². The van der Waals surface area contributed by atoms with Gasteiger partial charge in [0.15, 0.2) is 0 Å². The second-order valence-electron chi connectivity index (χ2n) is 6.09. The van der Waals surface area contributed by atoms with Crippen molar-refractivity contribution in [1.29, 1.82) is 0 Å². The molecule has 0 radical (unpaired) electrons. The Morgan fingerprint density at radius 1 is 1.00 bits per heavy atom. The topological polar surface area (TPSA) is 46.3 Å². The van der Waals surface area contributed by atoms with Gasteiger partial charge in [0.2, 0.25) is 5.91 Å². The first-order valence-corrected chi connectivity index (χ1v) is 7.74. The highest BCUT2D eigenvalue weighted by molar-refractivity contribution is 5.73. The Hall–Kier alpha value is -2.52. The van der Waals surface area contributed by atoms with Crippen molar-refractivity contribution in [2.75, 3.05) is 0 Å². The van der Waals surface area contributed by atoms with Crippen LogP contribution in [-0.2, 0) is 30.2 Å². The molecule has 2 aromatic rings. The summed E-state index contributed by atoms with van der Waals surface area (Å²) in [6, 6.07) is 1.27. The highest BCUT2D eigenvalue weighted by Gasteiger charge is 2.37. The highest BCUT2D eigenvalue weighted by Crippen LogP contribution is 2.36. The van der Waals surface area contributed by atoms with Crippen LogP contribution >= 0.6 is 0 Å². The van der Waals surface area contributed by atoms with E-state index in [2.05, 4.69) is 5.16 Å². The average molecular weight is 394 g/mol. The lowest BCUT2D eigenvalue weighted by Gasteiger charge is -2.22. The van der Waals surface area contributed by atoms with Crippen LogP contribution in [0.4, 0.5) is 26.3 Å². The second-order valence-corrected chi connectivity index (χ2v) is 6.09. The van der Waals surface area contributed by atoms with Gasteiger partial charge in [-0.1, -0.05) is 5.16 Å². The zero-order chi connectivity index (χ0) is 20.6. The van der Waals surface area contributed by atoms with Crippen molar-refractivity contribution >= 4 is 5.91 Å². The summed E-state index contributed by atoms with van der Waals surface area (Å²) < 4.78 is 82.8. The molecule has 0 aliphatic heterocycles. The van der Waals surface area contributed by atoms with E-state index in [-0.39, 0.29) is 18.2 Å². The molecule has 0 unspecified atom stereocenters. The van der Waals surface area contributed by atoms with Crippen LogP contribution in [0.15, 0.2) is 22.7 Å². The number of aromatic nitrogens is 1. The number of nitrogens with zero attached hydrogens (tertiary/aromatic N) is 2. The first-order valence-electron chi connectivity index (χ1n) is 7.74. The summed E-state index contributed by atoms with van der Waals surface area (Å²) >= 11 is 0. The third-order valence-electron chi connectivity index (χ3n) is 4.00. The number of carbonyl (C=O) groups is 1. The fourth-order valence-electron chi connectivity index (χ4n) is 2.53. The summed E-state index contributed by atoms with van der Waals surface area (Å²) in [5.74, 6) is -0.0975. The van der Waals surface area contributed by atoms with Crippen LogP contribution in [0.5, 0.6) is 0 Å². The van der Waals surface area contributed by atoms with Crippen molar-refractivity contribution in [2.45, 2.75) is 46.2 Å². The third kappa shape index (κ3) is 5.01. The summed E-state index contributed by atoms with van der Waals surface area (Å²) in [5.41, 5.74) is -2.09. The standard InChI is InChI=1S/C17H16F6N2O2/c1-9-15(10(2)27-24-9)8-25(11(3)26)7-12-4-13(16(18,19)20)6-14(5-12)17(21,22)23/h4-6H,7-8H2,1-3H3. The van der Waals surface area contributed by atoms with E-state index in [1.807, 2.05) is 0 Å². The molecule has 0 spiro atoms. The molecule has 0 saturated carbocycles. The maximum Gasteiger partial charge on any atom is 0.416 e. The van der Waals surface area contributed by atoms with Gasteiger partial charge in [0, 0.05) is 19.0 Å². The molecule has 0 bridgehead atoms. The number of halogens is 6. The smallest absolute Gasteiger partial charge is 0.361 e. The number of carbonyl (C=O) groups excluding carboxylic acids is 1. The van der Waals surface area contributed by atoms with E-state index in [9.17, 15) is 31.1 Å². The minimum atomic E-state index is -4.95. The van der Waals surface area contributed by atoms with Gasteiger partial charge >= 0.3 is 12.4 Å². The maximum absolute atomic E-state index is 13.0. The SMILES string of the molecule is CC(=O)N(Cc1cc(C(F)(F)F)cc(C(F)(F)F)c1)Cc1c(C)noc1C. The molecule has 2 rings (SSSR count). The maximum atomic E-state index is 13.0. The number of rotatable bonds is 4. The average Bonchev–Trinajstić information content (AvgIpc) is 2.84. The third-order valence-corrected chi connectivity index (χ3v) is 4.00. The molecule has 0 N–H and O–H groups in total. The van der Waals surface area contributed by atoms with Crippen LogP contribution in [0, 0.1) is 13.8 Å². The van der Waals surface area contributed by atoms with E-state index >= 15 is 0 Å².